The van der Waals surface area contributed by atoms with Crippen LogP contribution < -0.4 is 10.6 Å². The van der Waals surface area contributed by atoms with Crippen LogP contribution in [-0.4, -0.2) is 17.5 Å². The Bertz CT molecular complexity index is 486. The molecule has 0 aliphatic heterocycles. The molecule has 0 aliphatic carbocycles. The van der Waals surface area contributed by atoms with Crippen LogP contribution in [0.4, 0.5) is 14.5 Å². The Balaban J connectivity index is 2.80. The third-order valence-electron chi connectivity index (χ3n) is 2.27. The molecule has 19 heavy (non-hydrogen) atoms. The highest BCUT2D eigenvalue weighted by molar-refractivity contribution is 9.10. The van der Waals surface area contributed by atoms with E-state index in [1.54, 1.807) is 6.92 Å². The van der Waals surface area contributed by atoms with Gasteiger partial charge in [0.25, 0.3) is 0 Å². The van der Waals surface area contributed by atoms with E-state index < -0.39 is 17.7 Å². The lowest BCUT2D eigenvalue weighted by Gasteiger charge is -2.24. The van der Waals surface area contributed by atoms with Crippen LogP contribution >= 0.6 is 15.9 Å². The molecule has 0 bridgehead atoms. The minimum absolute atomic E-state index is 0.0739. The van der Waals surface area contributed by atoms with Crippen LogP contribution in [0.5, 0.6) is 0 Å². The van der Waals surface area contributed by atoms with Crippen LogP contribution in [0.2, 0.25) is 0 Å². The lowest BCUT2D eigenvalue weighted by molar-refractivity contribution is -0.122. The average Bonchev–Trinajstić information content (AvgIpc) is 2.23. The van der Waals surface area contributed by atoms with Gasteiger partial charge in [0.1, 0.15) is 17.7 Å². The van der Waals surface area contributed by atoms with Crippen LogP contribution in [0.3, 0.4) is 0 Å². The highest BCUT2D eigenvalue weighted by Crippen LogP contribution is 2.24. The first-order chi connectivity index (χ1) is 8.60. The summed E-state index contributed by atoms with van der Waals surface area (Å²) in [5.74, 6) is -1.68. The van der Waals surface area contributed by atoms with E-state index in [1.807, 2.05) is 20.8 Å². The zero-order chi connectivity index (χ0) is 14.8. The fourth-order valence-corrected chi connectivity index (χ4v) is 1.75. The van der Waals surface area contributed by atoms with Gasteiger partial charge < -0.3 is 10.6 Å². The smallest absolute Gasteiger partial charge is 0.242 e. The zero-order valence-electron chi connectivity index (χ0n) is 11.3. The van der Waals surface area contributed by atoms with E-state index in [0.717, 1.165) is 6.07 Å². The van der Waals surface area contributed by atoms with Crippen molar-refractivity contribution in [3.8, 4) is 0 Å². The van der Waals surface area contributed by atoms with Crippen LogP contribution in [0.25, 0.3) is 0 Å². The number of hydrogen-bond acceptors (Lipinski definition) is 2. The molecular formula is C13H17BrF2N2O. The second kappa shape index (κ2) is 5.86. The number of nitrogens with one attached hydrogen (secondary N) is 2. The molecule has 1 rings (SSSR count). The number of hydrogen-bond donors (Lipinski definition) is 2. The summed E-state index contributed by atoms with van der Waals surface area (Å²) < 4.78 is 26.8. The van der Waals surface area contributed by atoms with Gasteiger partial charge in [0.2, 0.25) is 5.91 Å². The SMILES string of the molecule is CC(Nc1cc(Br)c(F)cc1F)C(=O)NC(C)(C)C. The molecule has 106 valence electrons. The molecule has 1 aromatic rings. The van der Waals surface area contributed by atoms with Crippen LogP contribution in [0.15, 0.2) is 16.6 Å². The Morgan fingerprint density at radius 3 is 2.37 bits per heavy atom. The van der Waals surface area contributed by atoms with Gasteiger partial charge in [-0.2, -0.15) is 0 Å². The Morgan fingerprint density at radius 2 is 1.84 bits per heavy atom. The van der Waals surface area contributed by atoms with Gasteiger partial charge in [0.05, 0.1) is 10.2 Å². The molecule has 2 N–H and O–H groups in total. The predicted octanol–water partition coefficient (Wildman–Crippen LogP) is 3.44. The van der Waals surface area contributed by atoms with Crippen molar-refractivity contribution in [3.05, 3.63) is 28.2 Å². The number of anilines is 1. The van der Waals surface area contributed by atoms with Crippen molar-refractivity contribution in [1.29, 1.82) is 0 Å². The third kappa shape index (κ3) is 4.78. The first-order valence-electron chi connectivity index (χ1n) is 5.83. The van der Waals surface area contributed by atoms with E-state index in [0.29, 0.717) is 0 Å². The minimum Gasteiger partial charge on any atom is -0.371 e. The van der Waals surface area contributed by atoms with Gasteiger partial charge in [-0.1, -0.05) is 0 Å². The molecule has 0 aromatic heterocycles. The molecule has 1 aromatic carbocycles. The Kier molecular flexibility index (Phi) is 4.90. The maximum absolute atomic E-state index is 13.5. The van der Waals surface area contributed by atoms with Crippen molar-refractivity contribution in [3.63, 3.8) is 0 Å². The Morgan fingerprint density at radius 1 is 1.26 bits per heavy atom. The van der Waals surface area contributed by atoms with Gasteiger partial charge >= 0.3 is 0 Å². The first-order valence-corrected chi connectivity index (χ1v) is 6.62. The van der Waals surface area contributed by atoms with E-state index in [-0.39, 0.29) is 21.6 Å². The molecular weight excluding hydrogens is 318 g/mol. The average molecular weight is 335 g/mol. The van der Waals surface area contributed by atoms with Gasteiger partial charge in [-0.15, -0.1) is 0 Å². The summed E-state index contributed by atoms with van der Waals surface area (Å²) >= 11 is 2.97. The molecule has 0 heterocycles. The highest BCUT2D eigenvalue weighted by Gasteiger charge is 2.20. The van der Waals surface area contributed by atoms with Crippen molar-refractivity contribution >= 4 is 27.5 Å². The Hall–Kier alpha value is -1.17. The summed E-state index contributed by atoms with van der Waals surface area (Å²) in [4.78, 5) is 11.8. The first kappa shape index (κ1) is 15.9. The number of halogens is 3. The van der Waals surface area contributed by atoms with Crippen molar-refractivity contribution in [1.82, 2.24) is 5.32 Å². The van der Waals surface area contributed by atoms with Gasteiger partial charge in [0, 0.05) is 11.6 Å². The lowest BCUT2D eigenvalue weighted by Crippen LogP contribution is -2.47. The van der Waals surface area contributed by atoms with Crippen LogP contribution in [-0.2, 0) is 4.79 Å². The highest BCUT2D eigenvalue weighted by atomic mass is 79.9. The van der Waals surface area contributed by atoms with Crippen molar-refractivity contribution in [2.24, 2.45) is 0 Å². The van der Waals surface area contributed by atoms with Crippen molar-refractivity contribution < 1.29 is 13.6 Å². The molecule has 1 unspecified atom stereocenters. The number of benzene rings is 1. The van der Waals surface area contributed by atoms with E-state index in [4.69, 9.17) is 0 Å². The van der Waals surface area contributed by atoms with E-state index in [9.17, 15) is 13.6 Å². The topological polar surface area (TPSA) is 41.1 Å². The quantitative estimate of drug-likeness (QED) is 0.831. The molecule has 0 radical (unpaired) electrons. The molecule has 0 fully saturated rings. The molecule has 1 amide bonds. The summed E-state index contributed by atoms with van der Waals surface area (Å²) in [5, 5.41) is 5.49. The van der Waals surface area contributed by atoms with E-state index in [2.05, 4.69) is 26.6 Å². The summed E-state index contributed by atoms with van der Waals surface area (Å²) in [5.41, 5.74) is -0.292. The van der Waals surface area contributed by atoms with Crippen LogP contribution in [0.1, 0.15) is 27.7 Å². The maximum atomic E-state index is 13.5. The molecule has 3 nitrogen and oxygen atoms in total. The number of carbonyl (C=O) groups is 1. The Labute approximate surface area is 119 Å². The number of rotatable bonds is 3. The molecule has 0 aliphatic rings. The monoisotopic (exact) mass is 334 g/mol. The summed E-state index contributed by atoms with van der Waals surface area (Å²) in [6.07, 6.45) is 0. The van der Waals surface area contributed by atoms with E-state index in [1.165, 1.54) is 6.07 Å². The summed E-state index contributed by atoms with van der Waals surface area (Å²) in [6, 6.07) is 1.40. The predicted molar refractivity (Wildman–Crippen MR) is 75.0 cm³/mol. The number of carbonyl (C=O) groups excluding carboxylic acids is 1. The molecule has 1 atom stereocenters. The lowest BCUT2D eigenvalue weighted by atomic mass is 10.1. The fourth-order valence-electron chi connectivity index (χ4n) is 1.41. The van der Waals surface area contributed by atoms with Crippen molar-refractivity contribution in [2.75, 3.05) is 5.32 Å². The summed E-state index contributed by atoms with van der Waals surface area (Å²) in [7, 11) is 0. The maximum Gasteiger partial charge on any atom is 0.242 e. The molecule has 6 heteroatoms. The second-order valence-electron chi connectivity index (χ2n) is 5.35. The van der Waals surface area contributed by atoms with E-state index >= 15 is 0 Å². The third-order valence-corrected chi connectivity index (χ3v) is 2.88. The molecule has 0 saturated carbocycles. The fraction of sp³-hybridized carbons (Fsp3) is 0.462. The minimum atomic E-state index is -0.740. The number of amides is 1. The van der Waals surface area contributed by atoms with Gasteiger partial charge in [-0.25, -0.2) is 8.78 Å². The zero-order valence-corrected chi connectivity index (χ0v) is 12.9. The van der Waals surface area contributed by atoms with Gasteiger partial charge in [-0.05, 0) is 49.7 Å². The molecule has 0 saturated heterocycles. The van der Waals surface area contributed by atoms with Crippen molar-refractivity contribution in [2.45, 2.75) is 39.3 Å². The van der Waals surface area contributed by atoms with Crippen LogP contribution in [0, 0.1) is 11.6 Å². The molecule has 0 spiro atoms. The van der Waals surface area contributed by atoms with Gasteiger partial charge in [-0.3, -0.25) is 4.79 Å². The standard InChI is InChI=1S/C13H17BrF2N2O/c1-7(12(19)18-13(2,3)4)17-11-5-8(14)9(15)6-10(11)16/h5-7,17H,1-4H3,(H,18,19). The largest absolute Gasteiger partial charge is 0.371 e. The summed E-state index contributed by atoms with van der Waals surface area (Å²) in [6.45, 7) is 7.17. The second-order valence-corrected chi connectivity index (χ2v) is 6.21. The van der Waals surface area contributed by atoms with Gasteiger partial charge in [0.15, 0.2) is 0 Å². The normalized spacial score (nSPS) is 13.0.